The van der Waals surface area contributed by atoms with Crippen LogP contribution in [0.2, 0.25) is 0 Å². The summed E-state index contributed by atoms with van der Waals surface area (Å²) in [5.74, 6) is 0.123. The number of benzene rings is 2. The lowest BCUT2D eigenvalue weighted by Crippen LogP contribution is -2.39. The lowest BCUT2D eigenvalue weighted by molar-refractivity contribution is -0.120. The Morgan fingerprint density at radius 1 is 1.04 bits per heavy atom. The van der Waals surface area contributed by atoms with Gasteiger partial charge in [-0.1, -0.05) is 55.3 Å². The molecule has 2 aromatic carbocycles. The normalized spacial score (nSPS) is 16.2. The molecule has 2 nitrogen and oxygen atoms in total. The van der Waals surface area contributed by atoms with E-state index in [1.165, 1.54) is 42.0 Å². The molecule has 0 atom stereocenters. The highest BCUT2D eigenvalue weighted by molar-refractivity contribution is 7.08. The molecule has 3 heteroatoms. The number of nitrogens with one attached hydrogen (secondary N) is 1. The van der Waals surface area contributed by atoms with Gasteiger partial charge in [0, 0.05) is 12.0 Å². The molecule has 1 aliphatic rings. The first-order valence-corrected chi connectivity index (χ1v) is 9.97. The maximum absolute atomic E-state index is 12.6. The zero-order chi connectivity index (χ0) is 17.1. The summed E-state index contributed by atoms with van der Waals surface area (Å²) in [4.78, 5) is 12.6. The lowest BCUT2D eigenvalue weighted by atomic mass is 9.80. The number of thiophene rings is 1. The highest BCUT2D eigenvalue weighted by atomic mass is 32.1. The summed E-state index contributed by atoms with van der Waals surface area (Å²) in [6.07, 6.45) is 5.32. The molecule has 1 amide bonds. The van der Waals surface area contributed by atoms with Gasteiger partial charge in [0.1, 0.15) is 0 Å². The van der Waals surface area contributed by atoms with Gasteiger partial charge in [0.2, 0.25) is 5.91 Å². The fraction of sp³-hybridized carbons (Fsp3) is 0.318. The van der Waals surface area contributed by atoms with Crippen molar-refractivity contribution in [3.8, 4) is 0 Å². The average molecular weight is 349 g/mol. The van der Waals surface area contributed by atoms with Gasteiger partial charge in [-0.3, -0.25) is 4.79 Å². The van der Waals surface area contributed by atoms with Crippen LogP contribution in [0.15, 0.2) is 59.3 Å². The van der Waals surface area contributed by atoms with Gasteiger partial charge in [0.25, 0.3) is 0 Å². The van der Waals surface area contributed by atoms with Crippen LogP contribution in [0, 0.1) is 0 Å². The van der Waals surface area contributed by atoms with E-state index in [1.807, 2.05) is 18.2 Å². The molecule has 1 saturated carbocycles. The van der Waals surface area contributed by atoms with Crippen LogP contribution in [0.5, 0.6) is 0 Å². The molecule has 0 bridgehead atoms. The smallest absolute Gasteiger partial charge is 0.224 e. The third-order valence-corrected chi connectivity index (χ3v) is 6.23. The Kier molecular flexibility index (Phi) is 4.58. The molecule has 1 aromatic heterocycles. The Balaban J connectivity index is 1.47. The van der Waals surface area contributed by atoms with Gasteiger partial charge in [0.05, 0.1) is 6.42 Å². The van der Waals surface area contributed by atoms with E-state index in [-0.39, 0.29) is 11.3 Å². The van der Waals surface area contributed by atoms with Crippen LogP contribution in [0.3, 0.4) is 0 Å². The number of rotatable bonds is 5. The standard InChI is InChI=1S/C22H23NOS/c24-21(14-18-8-5-7-17-6-1-2-9-20(17)18)23-16-22(11-3-4-12-22)19-10-13-25-15-19/h1-2,5-10,13,15H,3-4,11-12,14,16H2,(H,23,24). The molecule has 1 heterocycles. The molecular weight excluding hydrogens is 326 g/mol. The van der Waals surface area contributed by atoms with E-state index in [9.17, 15) is 4.79 Å². The molecule has 0 spiro atoms. The van der Waals surface area contributed by atoms with Crippen molar-refractivity contribution in [2.24, 2.45) is 0 Å². The zero-order valence-corrected chi connectivity index (χ0v) is 15.1. The van der Waals surface area contributed by atoms with E-state index in [0.29, 0.717) is 6.42 Å². The summed E-state index contributed by atoms with van der Waals surface area (Å²) < 4.78 is 0. The Morgan fingerprint density at radius 3 is 2.64 bits per heavy atom. The minimum atomic E-state index is 0.123. The molecule has 0 radical (unpaired) electrons. The highest BCUT2D eigenvalue weighted by Gasteiger charge is 2.36. The third-order valence-electron chi connectivity index (χ3n) is 5.55. The second kappa shape index (κ2) is 7.01. The molecule has 1 fully saturated rings. The second-order valence-corrected chi connectivity index (χ2v) is 7.87. The zero-order valence-electron chi connectivity index (χ0n) is 14.3. The fourth-order valence-corrected chi connectivity index (χ4v) is 4.91. The van der Waals surface area contributed by atoms with Crippen molar-refractivity contribution >= 4 is 28.0 Å². The van der Waals surface area contributed by atoms with E-state index >= 15 is 0 Å². The summed E-state index contributed by atoms with van der Waals surface area (Å²) in [6, 6.07) is 16.7. The van der Waals surface area contributed by atoms with Gasteiger partial charge >= 0.3 is 0 Å². The van der Waals surface area contributed by atoms with Crippen molar-refractivity contribution in [1.82, 2.24) is 5.32 Å². The Labute approximate surface area is 152 Å². The van der Waals surface area contributed by atoms with Gasteiger partial charge in [-0.2, -0.15) is 11.3 Å². The van der Waals surface area contributed by atoms with Crippen molar-refractivity contribution in [2.45, 2.75) is 37.5 Å². The van der Waals surface area contributed by atoms with Crippen LogP contribution in [-0.2, 0) is 16.6 Å². The van der Waals surface area contributed by atoms with Crippen LogP contribution in [0.25, 0.3) is 10.8 Å². The number of carbonyl (C=O) groups excluding carboxylic acids is 1. The predicted molar refractivity (Wildman–Crippen MR) is 105 cm³/mol. The van der Waals surface area contributed by atoms with Crippen molar-refractivity contribution in [2.75, 3.05) is 6.54 Å². The fourth-order valence-electron chi connectivity index (χ4n) is 4.14. The van der Waals surface area contributed by atoms with Crippen molar-refractivity contribution in [3.63, 3.8) is 0 Å². The van der Waals surface area contributed by atoms with Crippen molar-refractivity contribution in [1.29, 1.82) is 0 Å². The quantitative estimate of drug-likeness (QED) is 0.684. The summed E-state index contributed by atoms with van der Waals surface area (Å²) in [7, 11) is 0. The molecule has 0 aliphatic heterocycles. The summed E-state index contributed by atoms with van der Waals surface area (Å²) in [5.41, 5.74) is 2.65. The van der Waals surface area contributed by atoms with E-state index in [2.05, 4.69) is 46.4 Å². The van der Waals surface area contributed by atoms with Crippen LogP contribution < -0.4 is 5.32 Å². The molecular formula is C22H23NOS. The molecule has 128 valence electrons. The largest absolute Gasteiger partial charge is 0.355 e. The van der Waals surface area contributed by atoms with Gasteiger partial charge in [0.15, 0.2) is 0 Å². The molecule has 1 N–H and O–H groups in total. The highest BCUT2D eigenvalue weighted by Crippen LogP contribution is 2.41. The molecule has 25 heavy (non-hydrogen) atoms. The summed E-state index contributed by atoms with van der Waals surface area (Å²) in [5, 5.41) is 10.00. The van der Waals surface area contributed by atoms with Gasteiger partial charge < -0.3 is 5.32 Å². The van der Waals surface area contributed by atoms with E-state index < -0.39 is 0 Å². The molecule has 3 aromatic rings. The minimum absolute atomic E-state index is 0.123. The van der Waals surface area contributed by atoms with Gasteiger partial charge in [-0.05, 0) is 51.6 Å². The lowest BCUT2D eigenvalue weighted by Gasteiger charge is -2.28. The minimum Gasteiger partial charge on any atom is -0.355 e. The number of hydrogen-bond donors (Lipinski definition) is 1. The topological polar surface area (TPSA) is 29.1 Å². The Hall–Kier alpha value is -2.13. The number of amides is 1. The second-order valence-electron chi connectivity index (χ2n) is 7.09. The van der Waals surface area contributed by atoms with E-state index in [4.69, 9.17) is 0 Å². The number of carbonyl (C=O) groups is 1. The van der Waals surface area contributed by atoms with Crippen LogP contribution in [-0.4, -0.2) is 12.5 Å². The monoisotopic (exact) mass is 349 g/mol. The van der Waals surface area contributed by atoms with E-state index in [1.54, 1.807) is 11.3 Å². The average Bonchev–Trinajstić information content (AvgIpc) is 3.33. The molecule has 0 unspecified atom stereocenters. The maximum atomic E-state index is 12.6. The summed E-state index contributed by atoms with van der Waals surface area (Å²) >= 11 is 1.75. The summed E-state index contributed by atoms with van der Waals surface area (Å²) in [6.45, 7) is 0.757. The predicted octanol–water partition coefficient (Wildman–Crippen LogP) is 5.07. The molecule has 0 saturated heterocycles. The van der Waals surface area contributed by atoms with Crippen LogP contribution in [0.1, 0.15) is 36.8 Å². The Bertz CT molecular complexity index is 857. The van der Waals surface area contributed by atoms with Crippen molar-refractivity contribution < 1.29 is 4.79 Å². The van der Waals surface area contributed by atoms with Gasteiger partial charge in [-0.15, -0.1) is 0 Å². The van der Waals surface area contributed by atoms with Crippen LogP contribution >= 0.6 is 11.3 Å². The SMILES string of the molecule is O=C(Cc1cccc2ccccc12)NCC1(c2ccsc2)CCCC1. The number of hydrogen-bond acceptors (Lipinski definition) is 2. The molecule has 1 aliphatic carbocycles. The van der Waals surface area contributed by atoms with E-state index in [0.717, 1.165) is 12.1 Å². The first-order chi connectivity index (χ1) is 12.3. The van der Waals surface area contributed by atoms with Crippen LogP contribution in [0.4, 0.5) is 0 Å². The first-order valence-electron chi connectivity index (χ1n) is 9.03. The maximum Gasteiger partial charge on any atom is 0.224 e. The molecule has 4 rings (SSSR count). The third kappa shape index (κ3) is 3.34. The number of fused-ring (bicyclic) bond motifs is 1. The Morgan fingerprint density at radius 2 is 1.84 bits per heavy atom. The van der Waals surface area contributed by atoms with Crippen molar-refractivity contribution in [3.05, 3.63) is 70.4 Å². The first kappa shape index (κ1) is 16.3. The van der Waals surface area contributed by atoms with Gasteiger partial charge in [-0.25, -0.2) is 0 Å².